The molecule has 12 nitrogen and oxygen atoms in total. The monoisotopic (exact) mass is 527 g/mol. The lowest BCUT2D eigenvalue weighted by Gasteiger charge is -2.07. The summed E-state index contributed by atoms with van der Waals surface area (Å²) < 4.78 is 0.816. The SMILES string of the molecule is O=C(N/N=C/c1cc([N+](=O)[O-])cc([N+](=O)[O-])c1O)c1cccc(NC(=O)c2ccc(Br)cc2)c1. The number of nitrogens with zero attached hydrogens (tertiary/aromatic N) is 3. The van der Waals surface area contributed by atoms with E-state index in [-0.39, 0.29) is 17.0 Å². The number of non-ortho nitro benzene ring substituents is 1. The van der Waals surface area contributed by atoms with E-state index < -0.39 is 32.9 Å². The number of anilines is 1. The van der Waals surface area contributed by atoms with Crippen molar-refractivity contribution in [2.75, 3.05) is 5.32 Å². The van der Waals surface area contributed by atoms with Crippen LogP contribution in [0.3, 0.4) is 0 Å². The first-order valence-electron chi connectivity index (χ1n) is 9.32. The normalized spacial score (nSPS) is 10.6. The fourth-order valence-corrected chi connectivity index (χ4v) is 3.00. The Kier molecular flexibility index (Phi) is 7.28. The van der Waals surface area contributed by atoms with Crippen LogP contribution in [0.15, 0.2) is 70.2 Å². The number of amides is 2. The van der Waals surface area contributed by atoms with Crippen LogP contribution in [0.2, 0.25) is 0 Å². The number of benzene rings is 3. The van der Waals surface area contributed by atoms with Gasteiger partial charge in [0.1, 0.15) is 0 Å². The van der Waals surface area contributed by atoms with Crippen molar-refractivity contribution < 1.29 is 24.5 Å². The minimum absolute atomic E-state index is 0.125. The van der Waals surface area contributed by atoms with E-state index in [2.05, 4.69) is 31.8 Å². The first-order valence-corrected chi connectivity index (χ1v) is 10.1. The molecular weight excluding hydrogens is 514 g/mol. The van der Waals surface area contributed by atoms with Gasteiger partial charge in [-0.2, -0.15) is 5.10 Å². The molecular formula is C21H14BrN5O7. The molecule has 0 saturated carbocycles. The summed E-state index contributed by atoms with van der Waals surface area (Å²) in [5.74, 6) is -1.92. The Morgan fingerprint density at radius 2 is 1.65 bits per heavy atom. The molecule has 0 radical (unpaired) electrons. The number of halogens is 1. The maximum Gasteiger partial charge on any atom is 0.318 e. The molecule has 3 rings (SSSR count). The van der Waals surface area contributed by atoms with E-state index in [4.69, 9.17) is 0 Å². The van der Waals surface area contributed by atoms with Crippen molar-refractivity contribution in [1.82, 2.24) is 5.43 Å². The smallest absolute Gasteiger partial charge is 0.318 e. The Morgan fingerprint density at radius 1 is 0.941 bits per heavy atom. The van der Waals surface area contributed by atoms with Gasteiger partial charge in [-0.1, -0.05) is 22.0 Å². The predicted molar refractivity (Wildman–Crippen MR) is 125 cm³/mol. The number of nitro benzene ring substituents is 2. The lowest BCUT2D eigenvalue weighted by Crippen LogP contribution is -2.18. The van der Waals surface area contributed by atoms with Crippen LogP contribution >= 0.6 is 15.9 Å². The largest absolute Gasteiger partial charge is 0.502 e. The number of hydrogen-bond acceptors (Lipinski definition) is 8. The number of phenols is 1. The molecule has 0 aliphatic carbocycles. The van der Waals surface area contributed by atoms with E-state index >= 15 is 0 Å². The Labute approximate surface area is 199 Å². The molecule has 0 aliphatic heterocycles. The molecule has 0 spiro atoms. The van der Waals surface area contributed by atoms with Gasteiger partial charge in [-0.05, 0) is 42.5 Å². The van der Waals surface area contributed by atoms with Crippen molar-refractivity contribution in [3.63, 3.8) is 0 Å². The number of hydrazone groups is 1. The molecule has 0 aliphatic rings. The summed E-state index contributed by atoms with van der Waals surface area (Å²) in [6.07, 6.45) is 0.840. The molecule has 3 aromatic rings. The number of nitro groups is 2. The average Bonchev–Trinajstić information content (AvgIpc) is 2.80. The van der Waals surface area contributed by atoms with Crippen LogP contribution in [0.1, 0.15) is 26.3 Å². The highest BCUT2D eigenvalue weighted by Crippen LogP contribution is 2.33. The van der Waals surface area contributed by atoms with Gasteiger partial charge in [0.25, 0.3) is 17.5 Å². The number of hydrogen-bond donors (Lipinski definition) is 3. The van der Waals surface area contributed by atoms with Gasteiger partial charge >= 0.3 is 5.69 Å². The van der Waals surface area contributed by atoms with E-state index in [1.807, 2.05) is 0 Å². The second-order valence-corrected chi connectivity index (χ2v) is 7.57. The number of carbonyl (C=O) groups excluding carboxylic acids is 2. The van der Waals surface area contributed by atoms with Crippen LogP contribution in [-0.4, -0.2) is 33.0 Å². The Hall–Kier alpha value is -4.65. The van der Waals surface area contributed by atoms with E-state index in [0.29, 0.717) is 17.3 Å². The van der Waals surface area contributed by atoms with Crippen molar-refractivity contribution in [3.05, 3.63) is 102 Å². The topological polar surface area (TPSA) is 177 Å². The number of rotatable bonds is 7. The summed E-state index contributed by atoms with van der Waals surface area (Å²) >= 11 is 3.28. The van der Waals surface area contributed by atoms with E-state index in [0.717, 1.165) is 16.8 Å². The fraction of sp³-hybridized carbons (Fsp3) is 0. The molecule has 0 heterocycles. The van der Waals surface area contributed by atoms with Gasteiger partial charge in [0.05, 0.1) is 27.7 Å². The van der Waals surface area contributed by atoms with Gasteiger partial charge < -0.3 is 10.4 Å². The summed E-state index contributed by atoms with van der Waals surface area (Å²) in [6, 6.07) is 14.1. The molecule has 172 valence electrons. The molecule has 2 amide bonds. The van der Waals surface area contributed by atoms with Gasteiger partial charge in [0.2, 0.25) is 5.75 Å². The summed E-state index contributed by atoms with van der Waals surface area (Å²) in [6.45, 7) is 0. The average molecular weight is 528 g/mol. The maximum atomic E-state index is 12.4. The summed E-state index contributed by atoms with van der Waals surface area (Å²) in [7, 11) is 0. The molecule has 13 heteroatoms. The lowest BCUT2D eigenvalue weighted by atomic mass is 10.1. The highest BCUT2D eigenvalue weighted by Gasteiger charge is 2.23. The summed E-state index contributed by atoms with van der Waals surface area (Å²) in [4.78, 5) is 44.9. The zero-order valence-corrected chi connectivity index (χ0v) is 18.6. The van der Waals surface area contributed by atoms with Gasteiger partial charge in [0.15, 0.2) is 0 Å². The van der Waals surface area contributed by atoms with Crippen molar-refractivity contribution in [3.8, 4) is 5.75 Å². The maximum absolute atomic E-state index is 12.4. The van der Waals surface area contributed by atoms with Crippen LogP contribution in [-0.2, 0) is 0 Å². The van der Waals surface area contributed by atoms with Crippen LogP contribution in [0.25, 0.3) is 0 Å². The predicted octanol–water partition coefficient (Wildman–Crippen LogP) is 3.99. The number of carbonyl (C=O) groups is 2. The van der Waals surface area contributed by atoms with Crippen LogP contribution in [0.4, 0.5) is 17.1 Å². The standard InChI is InChI=1S/C21H14BrN5O7/c22-15-6-4-12(5-7-15)20(29)24-16-3-1-2-13(8-16)21(30)25-23-11-14-9-17(26(31)32)10-18(19(14)28)27(33)34/h1-11,28H,(H,24,29)(H,25,30)/b23-11+. The quantitative estimate of drug-likeness (QED) is 0.236. The Morgan fingerprint density at radius 3 is 2.29 bits per heavy atom. The minimum atomic E-state index is -0.980. The van der Waals surface area contributed by atoms with Crippen LogP contribution in [0, 0.1) is 20.2 Å². The number of aromatic hydroxyl groups is 1. The second kappa shape index (κ2) is 10.3. The molecule has 3 N–H and O–H groups in total. The van der Waals surface area contributed by atoms with Crippen molar-refractivity contribution in [1.29, 1.82) is 0 Å². The third-order valence-electron chi connectivity index (χ3n) is 4.37. The van der Waals surface area contributed by atoms with Crippen molar-refractivity contribution in [2.45, 2.75) is 0 Å². The van der Waals surface area contributed by atoms with Crippen molar-refractivity contribution in [2.24, 2.45) is 5.10 Å². The molecule has 0 saturated heterocycles. The van der Waals surface area contributed by atoms with E-state index in [9.17, 15) is 34.9 Å². The Bertz CT molecular complexity index is 1330. The highest BCUT2D eigenvalue weighted by molar-refractivity contribution is 9.10. The first-order chi connectivity index (χ1) is 16.2. The lowest BCUT2D eigenvalue weighted by molar-refractivity contribution is -0.394. The minimum Gasteiger partial charge on any atom is -0.502 e. The van der Waals surface area contributed by atoms with E-state index in [1.165, 1.54) is 18.2 Å². The molecule has 0 unspecified atom stereocenters. The first kappa shape index (κ1) is 24.0. The third kappa shape index (κ3) is 5.77. The van der Waals surface area contributed by atoms with Gasteiger partial charge in [-0.15, -0.1) is 0 Å². The van der Waals surface area contributed by atoms with Crippen LogP contribution < -0.4 is 10.7 Å². The fourth-order valence-electron chi connectivity index (χ4n) is 2.74. The summed E-state index contributed by atoms with van der Waals surface area (Å²) in [5, 5.41) is 38.2. The number of nitrogens with one attached hydrogen (secondary N) is 2. The third-order valence-corrected chi connectivity index (χ3v) is 4.90. The molecule has 0 fully saturated rings. The van der Waals surface area contributed by atoms with Gasteiger partial charge in [-0.3, -0.25) is 29.8 Å². The van der Waals surface area contributed by atoms with Gasteiger partial charge in [-0.25, -0.2) is 5.43 Å². The summed E-state index contributed by atoms with van der Waals surface area (Å²) in [5.41, 5.74) is 1.18. The molecule has 0 bridgehead atoms. The molecule has 3 aromatic carbocycles. The molecule has 0 atom stereocenters. The molecule has 0 aromatic heterocycles. The second-order valence-electron chi connectivity index (χ2n) is 6.66. The highest BCUT2D eigenvalue weighted by atomic mass is 79.9. The Balaban J connectivity index is 1.73. The zero-order valence-electron chi connectivity index (χ0n) is 17.0. The zero-order chi connectivity index (χ0) is 24.8. The van der Waals surface area contributed by atoms with E-state index in [1.54, 1.807) is 30.3 Å². The van der Waals surface area contributed by atoms with Crippen LogP contribution in [0.5, 0.6) is 5.75 Å². The van der Waals surface area contributed by atoms with Crippen molar-refractivity contribution >= 4 is 51.0 Å². The number of phenolic OH excluding ortho intramolecular Hbond substituents is 1. The van der Waals surface area contributed by atoms with Gasteiger partial charge in [0, 0.05) is 27.4 Å². The molecule has 34 heavy (non-hydrogen) atoms.